The minimum Gasteiger partial charge on any atom is -0.480 e. The third-order valence-electron chi connectivity index (χ3n) is 2.82. The van der Waals surface area contributed by atoms with Crippen LogP contribution in [0.15, 0.2) is 0 Å². The summed E-state index contributed by atoms with van der Waals surface area (Å²) in [5, 5.41) is 12.6. The van der Waals surface area contributed by atoms with Crippen molar-refractivity contribution in [2.45, 2.75) is 51.4 Å². The van der Waals surface area contributed by atoms with E-state index < -0.39 is 12.0 Å². The Morgan fingerprint density at radius 2 is 2.13 bits per heavy atom. The lowest BCUT2D eigenvalue weighted by Gasteiger charge is -2.26. The Bertz CT molecular complexity index is 237. The highest BCUT2D eigenvalue weighted by molar-refractivity contribution is 8.00. The summed E-state index contributed by atoms with van der Waals surface area (Å²) in [6.45, 7) is 8.44. The van der Waals surface area contributed by atoms with E-state index in [4.69, 9.17) is 5.11 Å². The van der Waals surface area contributed by atoms with E-state index in [1.54, 1.807) is 6.92 Å². The van der Waals surface area contributed by atoms with Gasteiger partial charge in [-0.05, 0) is 18.8 Å². The summed E-state index contributed by atoms with van der Waals surface area (Å²) < 4.78 is 0. The van der Waals surface area contributed by atoms with Gasteiger partial charge in [-0.15, -0.1) is 0 Å². The van der Waals surface area contributed by atoms with Gasteiger partial charge >= 0.3 is 5.97 Å². The number of carboxylic acid groups (broad SMARTS) is 1. The van der Waals surface area contributed by atoms with E-state index >= 15 is 0 Å². The molecule has 1 heterocycles. The molecule has 0 bridgehead atoms. The Hall–Kier alpha value is -0.220. The number of nitrogens with one attached hydrogen (secondary N) is 1. The van der Waals surface area contributed by atoms with Crippen molar-refractivity contribution in [1.82, 2.24) is 5.32 Å². The molecule has 0 aromatic heterocycles. The van der Waals surface area contributed by atoms with Crippen LogP contribution >= 0.6 is 11.8 Å². The summed E-state index contributed by atoms with van der Waals surface area (Å²) in [6, 6.07) is -0.0837. The fourth-order valence-electron chi connectivity index (χ4n) is 1.77. The summed E-state index contributed by atoms with van der Waals surface area (Å²) in [6.07, 6.45) is 1.08. The molecule has 2 unspecified atom stereocenters. The highest BCUT2D eigenvalue weighted by Gasteiger charge is 2.34. The molecule has 0 aliphatic carbocycles. The first-order valence-electron chi connectivity index (χ1n) is 5.41. The van der Waals surface area contributed by atoms with Crippen LogP contribution in [0, 0.1) is 5.41 Å². The molecule has 0 aromatic rings. The molecular weight excluding hydrogens is 210 g/mol. The maximum Gasteiger partial charge on any atom is 0.320 e. The largest absolute Gasteiger partial charge is 0.480 e. The molecule has 4 heteroatoms. The van der Waals surface area contributed by atoms with Gasteiger partial charge in [0.1, 0.15) is 6.04 Å². The molecule has 1 aliphatic rings. The van der Waals surface area contributed by atoms with Gasteiger partial charge in [0, 0.05) is 17.0 Å². The molecule has 88 valence electrons. The van der Waals surface area contributed by atoms with E-state index in [0.29, 0.717) is 16.7 Å². The quantitative estimate of drug-likeness (QED) is 0.779. The summed E-state index contributed by atoms with van der Waals surface area (Å²) in [4.78, 5) is 10.7. The second-order valence-electron chi connectivity index (χ2n) is 5.35. The topological polar surface area (TPSA) is 49.3 Å². The van der Waals surface area contributed by atoms with Crippen molar-refractivity contribution in [3.63, 3.8) is 0 Å². The molecule has 3 atom stereocenters. The third-order valence-corrected chi connectivity index (χ3v) is 4.72. The Morgan fingerprint density at radius 1 is 1.53 bits per heavy atom. The smallest absolute Gasteiger partial charge is 0.320 e. The Morgan fingerprint density at radius 3 is 2.53 bits per heavy atom. The van der Waals surface area contributed by atoms with Crippen molar-refractivity contribution in [2.24, 2.45) is 5.41 Å². The molecule has 0 saturated carbocycles. The lowest BCUT2D eigenvalue weighted by atomic mass is 9.88. The lowest BCUT2D eigenvalue weighted by molar-refractivity contribution is -0.139. The van der Waals surface area contributed by atoms with Crippen molar-refractivity contribution >= 4 is 17.7 Å². The molecule has 15 heavy (non-hydrogen) atoms. The van der Waals surface area contributed by atoms with Crippen LogP contribution in [-0.4, -0.2) is 34.2 Å². The van der Waals surface area contributed by atoms with Crippen LogP contribution in [0.25, 0.3) is 0 Å². The van der Waals surface area contributed by atoms with Crippen molar-refractivity contribution in [3.05, 3.63) is 0 Å². The molecular formula is C11H21NO2S. The summed E-state index contributed by atoms with van der Waals surface area (Å²) >= 11 is 1.96. The zero-order valence-corrected chi connectivity index (χ0v) is 10.7. The van der Waals surface area contributed by atoms with Gasteiger partial charge in [0.2, 0.25) is 0 Å². The number of hydrogen-bond donors (Lipinski definition) is 2. The van der Waals surface area contributed by atoms with Gasteiger partial charge in [0.25, 0.3) is 0 Å². The van der Waals surface area contributed by atoms with Crippen LogP contribution in [0.5, 0.6) is 0 Å². The molecule has 0 spiro atoms. The number of rotatable bonds is 3. The molecule has 2 N–H and O–H groups in total. The zero-order chi connectivity index (χ0) is 11.6. The second-order valence-corrected chi connectivity index (χ2v) is 6.58. The van der Waals surface area contributed by atoms with E-state index in [1.165, 1.54) is 0 Å². The van der Waals surface area contributed by atoms with Gasteiger partial charge in [-0.25, -0.2) is 0 Å². The summed E-state index contributed by atoms with van der Waals surface area (Å²) in [7, 11) is 0. The Balaban J connectivity index is 2.40. The molecule has 0 amide bonds. The molecule has 1 saturated heterocycles. The Labute approximate surface area is 96.0 Å². The van der Waals surface area contributed by atoms with E-state index in [2.05, 4.69) is 26.1 Å². The van der Waals surface area contributed by atoms with E-state index in [1.807, 2.05) is 11.8 Å². The lowest BCUT2D eigenvalue weighted by Crippen LogP contribution is -2.42. The summed E-state index contributed by atoms with van der Waals surface area (Å²) in [5.74, 6) is 0.263. The monoisotopic (exact) mass is 231 g/mol. The number of thioether (sulfide) groups is 1. The SMILES string of the molecule is C[C@H](NC1CSC(C(C)(C)C)C1)C(=O)O. The van der Waals surface area contributed by atoms with Crippen LogP contribution in [0.2, 0.25) is 0 Å². The van der Waals surface area contributed by atoms with Gasteiger partial charge in [-0.3, -0.25) is 4.79 Å². The van der Waals surface area contributed by atoms with Crippen LogP contribution in [0.3, 0.4) is 0 Å². The van der Waals surface area contributed by atoms with Crippen LogP contribution in [0.4, 0.5) is 0 Å². The van der Waals surface area contributed by atoms with Gasteiger partial charge < -0.3 is 10.4 Å². The maximum absolute atomic E-state index is 10.7. The zero-order valence-electron chi connectivity index (χ0n) is 9.91. The number of carbonyl (C=O) groups is 1. The highest BCUT2D eigenvalue weighted by Crippen LogP contribution is 2.39. The minimum atomic E-state index is -0.765. The second kappa shape index (κ2) is 4.74. The molecule has 1 aliphatic heterocycles. The first kappa shape index (κ1) is 12.8. The average Bonchev–Trinajstić information content (AvgIpc) is 2.51. The molecule has 1 fully saturated rings. The maximum atomic E-state index is 10.7. The number of carboxylic acids is 1. The minimum absolute atomic E-state index is 0.313. The fourth-order valence-corrected chi connectivity index (χ4v) is 3.34. The van der Waals surface area contributed by atoms with Crippen molar-refractivity contribution in [1.29, 1.82) is 0 Å². The normalized spacial score (nSPS) is 29.1. The predicted molar refractivity (Wildman–Crippen MR) is 64.3 cm³/mol. The van der Waals surface area contributed by atoms with E-state index in [0.717, 1.165) is 12.2 Å². The predicted octanol–water partition coefficient (Wildman–Crippen LogP) is 1.97. The standard InChI is InChI=1S/C11H21NO2S/c1-7(10(13)14)12-8-5-9(15-6-8)11(2,3)4/h7-9,12H,5-6H2,1-4H3,(H,13,14)/t7-,8?,9?/m0/s1. The molecule has 1 rings (SSSR count). The molecule has 0 radical (unpaired) electrons. The van der Waals surface area contributed by atoms with Crippen molar-refractivity contribution < 1.29 is 9.90 Å². The van der Waals surface area contributed by atoms with Crippen molar-refractivity contribution in [3.8, 4) is 0 Å². The number of aliphatic carboxylic acids is 1. The third kappa shape index (κ3) is 3.68. The van der Waals surface area contributed by atoms with Gasteiger partial charge in [-0.2, -0.15) is 11.8 Å². The fraction of sp³-hybridized carbons (Fsp3) is 0.909. The Kier molecular flexibility index (Phi) is 4.06. The first-order valence-corrected chi connectivity index (χ1v) is 6.46. The molecule has 3 nitrogen and oxygen atoms in total. The van der Waals surface area contributed by atoms with E-state index in [-0.39, 0.29) is 0 Å². The van der Waals surface area contributed by atoms with E-state index in [9.17, 15) is 4.79 Å². The van der Waals surface area contributed by atoms with Crippen LogP contribution in [0.1, 0.15) is 34.1 Å². The summed E-state index contributed by atoms with van der Waals surface area (Å²) in [5.41, 5.74) is 0.313. The first-order chi connectivity index (χ1) is 6.80. The number of hydrogen-bond acceptors (Lipinski definition) is 3. The average molecular weight is 231 g/mol. The van der Waals surface area contributed by atoms with Crippen LogP contribution in [-0.2, 0) is 4.79 Å². The van der Waals surface area contributed by atoms with Gasteiger partial charge in [-0.1, -0.05) is 20.8 Å². The van der Waals surface area contributed by atoms with Gasteiger partial charge in [0.05, 0.1) is 0 Å². The van der Waals surface area contributed by atoms with Gasteiger partial charge in [0.15, 0.2) is 0 Å². The van der Waals surface area contributed by atoms with Crippen molar-refractivity contribution in [2.75, 3.05) is 5.75 Å². The van der Waals surface area contributed by atoms with Crippen LogP contribution < -0.4 is 5.32 Å². The highest BCUT2D eigenvalue weighted by atomic mass is 32.2. The molecule has 0 aromatic carbocycles.